The molecule has 20 heavy (non-hydrogen) atoms. The molecule has 1 aliphatic rings. The Morgan fingerprint density at radius 2 is 2.00 bits per heavy atom. The number of amides is 1. The minimum absolute atomic E-state index is 0.0168. The second-order valence-electron chi connectivity index (χ2n) is 4.80. The summed E-state index contributed by atoms with van der Waals surface area (Å²) in [6, 6.07) is 7.08. The molecule has 1 aromatic rings. The van der Waals surface area contributed by atoms with E-state index in [9.17, 15) is 18.0 Å². The molecule has 7 heteroatoms. The van der Waals surface area contributed by atoms with Crippen LogP contribution in [0.1, 0.15) is 5.56 Å². The topological polar surface area (TPSA) is 32.3 Å². The van der Waals surface area contributed by atoms with Gasteiger partial charge >= 0.3 is 6.18 Å². The van der Waals surface area contributed by atoms with E-state index in [0.29, 0.717) is 5.02 Å². The lowest BCUT2D eigenvalue weighted by Crippen LogP contribution is -2.55. The summed E-state index contributed by atoms with van der Waals surface area (Å²) < 4.78 is 36.9. The van der Waals surface area contributed by atoms with E-state index in [-0.39, 0.29) is 32.1 Å². The summed E-state index contributed by atoms with van der Waals surface area (Å²) in [6.45, 7) is 0.0398. The normalized spacial score (nSPS) is 16.8. The molecule has 0 spiro atoms. The van der Waals surface area contributed by atoms with Crippen molar-refractivity contribution in [1.29, 1.82) is 0 Å². The fourth-order valence-electron chi connectivity index (χ4n) is 2.00. The molecule has 110 valence electrons. The molecule has 1 aliphatic heterocycles. The highest BCUT2D eigenvalue weighted by atomic mass is 35.5. The number of halogens is 4. The van der Waals surface area contributed by atoms with Crippen molar-refractivity contribution in [2.45, 2.75) is 12.7 Å². The lowest BCUT2D eigenvalue weighted by atomic mass is 10.00. The Labute approximate surface area is 119 Å². The predicted octanol–water partition coefficient (Wildman–Crippen LogP) is 2.45. The van der Waals surface area contributed by atoms with Crippen LogP contribution in [0.15, 0.2) is 24.3 Å². The first-order valence-corrected chi connectivity index (χ1v) is 6.53. The van der Waals surface area contributed by atoms with Crippen molar-refractivity contribution in [3.8, 4) is 0 Å². The monoisotopic (exact) mass is 306 g/mol. The van der Waals surface area contributed by atoms with E-state index in [1.807, 2.05) is 0 Å². The smallest absolute Gasteiger partial charge is 0.351 e. The molecule has 0 radical (unpaired) electrons. The molecular formula is C13H14ClF3N2O. The zero-order valence-corrected chi connectivity index (χ0v) is 11.3. The number of nitrogens with zero attached hydrogens (tertiary/aromatic N) is 1. The first kappa shape index (κ1) is 15.1. The third-order valence-corrected chi connectivity index (χ3v) is 3.59. The van der Waals surface area contributed by atoms with Gasteiger partial charge in [-0.05, 0) is 11.6 Å². The summed E-state index contributed by atoms with van der Waals surface area (Å²) >= 11 is 5.93. The SMILES string of the molecule is O=C(CN1CC(C(F)(F)F)C1)NCc1ccccc1Cl. The average molecular weight is 307 g/mol. The molecule has 0 aliphatic carbocycles. The summed E-state index contributed by atoms with van der Waals surface area (Å²) in [5, 5.41) is 3.20. The zero-order valence-electron chi connectivity index (χ0n) is 10.6. The van der Waals surface area contributed by atoms with Crippen molar-refractivity contribution in [3.05, 3.63) is 34.9 Å². The van der Waals surface area contributed by atoms with Crippen LogP contribution in [0.25, 0.3) is 0 Å². The number of likely N-dealkylation sites (tertiary alicyclic amines) is 1. The van der Waals surface area contributed by atoms with Gasteiger partial charge in [0, 0.05) is 24.7 Å². The summed E-state index contributed by atoms with van der Waals surface area (Å²) in [5.74, 6) is -1.61. The highest BCUT2D eigenvalue weighted by Crippen LogP contribution is 2.33. The predicted molar refractivity (Wildman–Crippen MR) is 69.3 cm³/mol. The number of carbonyl (C=O) groups is 1. The van der Waals surface area contributed by atoms with Crippen molar-refractivity contribution < 1.29 is 18.0 Å². The van der Waals surface area contributed by atoms with Crippen LogP contribution in [-0.2, 0) is 11.3 Å². The molecule has 1 saturated heterocycles. The van der Waals surface area contributed by atoms with E-state index in [4.69, 9.17) is 11.6 Å². The van der Waals surface area contributed by atoms with Crippen LogP contribution >= 0.6 is 11.6 Å². The van der Waals surface area contributed by atoms with Crippen molar-refractivity contribution in [2.75, 3.05) is 19.6 Å². The second-order valence-corrected chi connectivity index (χ2v) is 5.21. The molecule has 0 aromatic heterocycles. The lowest BCUT2D eigenvalue weighted by molar-refractivity contribution is -0.209. The molecule has 0 unspecified atom stereocenters. The van der Waals surface area contributed by atoms with Crippen LogP contribution in [0.4, 0.5) is 13.2 Å². The summed E-state index contributed by atoms with van der Waals surface area (Å²) in [7, 11) is 0. The standard InChI is InChI=1S/C13H14ClF3N2O/c14-11-4-2-1-3-9(11)5-18-12(20)8-19-6-10(7-19)13(15,16)17/h1-4,10H,5-8H2,(H,18,20). The quantitative estimate of drug-likeness (QED) is 0.927. The molecule has 1 fully saturated rings. The molecule has 3 nitrogen and oxygen atoms in total. The Balaban J connectivity index is 1.71. The highest BCUT2D eigenvalue weighted by molar-refractivity contribution is 6.31. The molecule has 1 amide bonds. The summed E-state index contributed by atoms with van der Waals surface area (Å²) in [4.78, 5) is 13.1. The van der Waals surface area contributed by atoms with E-state index in [0.717, 1.165) is 5.56 Å². The van der Waals surface area contributed by atoms with Gasteiger partial charge in [0.2, 0.25) is 5.91 Å². The fourth-order valence-corrected chi connectivity index (χ4v) is 2.20. The van der Waals surface area contributed by atoms with Gasteiger partial charge in [-0.1, -0.05) is 29.8 Å². The molecule has 0 bridgehead atoms. The van der Waals surface area contributed by atoms with Crippen molar-refractivity contribution >= 4 is 17.5 Å². The average Bonchev–Trinajstić information content (AvgIpc) is 2.30. The third-order valence-electron chi connectivity index (χ3n) is 3.22. The Bertz CT molecular complexity index is 487. The maximum absolute atomic E-state index is 12.3. The van der Waals surface area contributed by atoms with Crippen LogP contribution in [-0.4, -0.2) is 36.6 Å². The minimum Gasteiger partial charge on any atom is -0.351 e. The maximum Gasteiger partial charge on any atom is 0.394 e. The molecule has 2 rings (SSSR count). The van der Waals surface area contributed by atoms with E-state index in [1.165, 1.54) is 4.90 Å². The van der Waals surface area contributed by atoms with E-state index >= 15 is 0 Å². The second kappa shape index (κ2) is 6.01. The lowest BCUT2D eigenvalue weighted by Gasteiger charge is -2.39. The Morgan fingerprint density at radius 3 is 2.60 bits per heavy atom. The van der Waals surface area contributed by atoms with Gasteiger partial charge in [-0.15, -0.1) is 0 Å². The molecule has 1 N–H and O–H groups in total. The van der Waals surface area contributed by atoms with Gasteiger partial charge in [-0.25, -0.2) is 0 Å². The van der Waals surface area contributed by atoms with E-state index in [1.54, 1.807) is 24.3 Å². The Kier molecular flexibility index (Phi) is 4.55. The number of carbonyl (C=O) groups excluding carboxylic acids is 1. The van der Waals surface area contributed by atoms with Crippen LogP contribution in [0.5, 0.6) is 0 Å². The first-order valence-electron chi connectivity index (χ1n) is 6.15. The van der Waals surface area contributed by atoms with E-state index < -0.39 is 12.1 Å². The van der Waals surface area contributed by atoms with Crippen LogP contribution in [0.3, 0.4) is 0 Å². The van der Waals surface area contributed by atoms with Gasteiger partial charge in [-0.2, -0.15) is 13.2 Å². The largest absolute Gasteiger partial charge is 0.394 e. The molecular weight excluding hydrogens is 293 g/mol. The third kappa shape index (κ3) is 3.86. The van der Waals surface area contributed by atoms with Crippen LogP contribution in [0, 0.1) is 5.92 Å². The number of hydrogen-bond donors (Lipinski definition) is 1. The van der Waals surface area contributed by atoms with Crippen molar-refractivity contribution in [2.24, 2.45) is 5.92 Å². The number of nitrogens with one attached hydrogen (secondary N) is 1. The number of rotatable bonds is 4. The van der Waals surface area contributed by atoms with E-state index in [2.05, 4.69) is 5.32 Å². The first-order chi connectivity index (χ1) is 9.36. The van der Waals surface area contributed by atoms with Gasteiger partial charge in [0.25, 0.3) is 0 Å². The summed E-state index contributed by atoms with van der Waals surface area (Å²) in [6.07, 6.45) is -4.16. The van der Waals surface area contributed by atoms with Crippen LogP contribution in [0.2, 0.25) is 5.02 Å². The summed E-state index contributed by atoms with van der Waals surface area (Å²) in [5.41, 5.74) is 0.777. The van der Waals surface area contributed by atoms with Gasteiger partial charge in [-0.3, -0.25) is 9.69 Å². The van der Waals surface area contributed by atoms with Gasteiger partial charge in [0.1, 0.15) is 0 Å². The molecule has 0 saturated carbocycles. The van der Waals surface area contributed by atoms with Gasteiger partial charge in [0.05, 0.1) is 12.5 Å². The van der Waals surface area contributed by atoms with Crippen molar-refractivity contribution in [3.63, 3.8) is 0 Å². The van der Waals surface area contributed by atoms with Gasteiger partial charge < -0.3 is 5.32 Å². The highest BCUT2D eigenvalue weighted by Gasteiger charge is 2.47. The van der Waals surface area contributed by atoms with Gasteiger partial charge in [0.15, 0.2) is 0 Å². The molecule has 1 heterocycles. The Hall–Kier alpha value is -1.27. The maximum atomic E-state index is 12.3. The minimum atomic E-state index is -4.16. The zero-order chi connectivity index (χ0) is 14.8. The van der Waals surface area contributed by atoms with Crippen molar-refractivity contribution in [1.82, 2.24) is 10.2 Å². The number of hydrogen-bond acceptors (Lipinski definition) is 2. The molecule has 0 atom stereocenters. The number of benzene rings is 1. The fraction of sp³-hybridized carbons (Fsp3) is 0.462. The Morgan fingerprint density at radius 1 is 1.35 bits per heavy atom. The van der Waals surface area contributed by atoms with Crippen LogP contribution < -0.4 is 5.32 Å². The molecule has 1 aromatic carbocycles. The number of alkyl halides is 3.